The van der Waals surface area contributed by atoms with Crippen LogP contribution in [0.3, 0.4) is 0 Å². The molecule has 0 atom stereocenters. The van der Waals surface area contributed by atoms with E-state index in [9.17, 15) is 0 Å². The molecule has 110 valence electrons. The summed E-state index contributed by atoms with van der Waals surface area (Å²) in [5.41, 5.74) is 4.77. The van der Waals surface area contributed by atoms with Crippen molar-refractivity contribution < 1.29 is 0 Å². The second-order valence-electron chi connectivity index (χ2n) is 5.20. The number of hydrogen-bond acceptors (Lipinski definition) is 3. The number of nitrogens with zero attached hydrogens (tertiary/aromatic N) is 4. The summed E-state index contributed by atoms with van der Waals surface area (Å²) in [5, 5.41) is 12.5. The lowest BCUT2D eigenvalue weighted by Crippen LogP contribution is -2.13. The third-order valence-corrected chi connectivity index (χ3v) is 3.50. The van der Waals surface area contributed by atoms with E-state index in [1.165, 1.54) is 11.1 Å². The summed E-state index contributed by atoms with van der Waals surface area (Å²) in [7, 11) is 0. The molecule has 0 aliphatic heterocycles. The van der Waals surface area contributed by atoms with Gasteiger partial charge in [-0.05, 0) is 27.2 Å². The Kier molecular flexibility index (Phi) is 4.95. The summed E-state index contributed by atoms with van der Waals surface area (Å²) in [4.78, 5) is 0. The van der Waals surface area contributed by atoms with Gasteiger partial charge in [-0.3, -0.25) is 9.36 Å². The molecule has 2 heterocycles. The van der Waals surface area contributed by atoms with Crippen molar-refractivity contribution in [1.29, 1.82) is 0 Å². The van der Waals surface area contributed by atoms with Crippen LogP contribution in [0.5, 0.6) is 0 Å². The van der Waals surface area contributed by atoms with E-state index in [1.807, 2.05) is 9.36 Å². The number of hydrogen-bond donors (Lipinski definition) is 1. The summed E-state index contributed by atoms with van der Waals surface area (Å²) in [5.74, 6) is 0. The largest absolute Gasteiger partial charge is 0.308 e. The second kappa shape index (κ2) is 6.70. The van der Waals surface area contributed by atoms with Gasteiger partial charge in [0.1, 0.15) is 0 Å². The molecule has 0 aliphatic rings. The third-order valence-electron chi connectivity index (χ3n) is 3.50. The van der Waals surface area contributed by atoms with Crippen molar-refractivity contribution in [3.63, 3.8) is 0 Å². The molecule has 0 fully saturated rings. The van der Waals surface area contributed by atoms with Gasteiger partial charge in [0.15, 0.2) is 0 Å². The Morgan fingerprint density at radius 1 is 0.950 bits per heavy atom. The zero-order chi connectivity index (χ0) is 14.5. The minimum absolute atomic E-state index is 0.851. The van der Waals surface area contributed by atoms with Crippen LogP contribution in [0.25, 0.3) is 0 Å². The van der Waals surface area contributed by atoms with Gasteiger partial charge in [-0.1, -0.05) is 6.92 Å². The summed E-state index contributed by atoms with van der Waals surface area (Å²) in [6.07, 6.45) is 5.38. The topological polar surface area (TPSA) is 47.7 Å². The van der Waals surface area contributed by atoms with Gasteiger partial charge in [-0.25, -0.2) is 0 Å². The molecule has 0 aromatic carbocycles. The van der Waals surface area contributed by atoms with Gasteiger partial charge in [0.2, 0.25) is 0 Å². The standard InChI is InChI=1S/C15H25N5/c1-5-7-20-11-15(13(4)18-20)9-16-8-14-10-19(6-2)17-12(14)3/h10-11,16H,5-9H2,1-4H3. The van der Waals surface area contributed by atoms with Crippen LogP contribution in [0, 0.1) is 13.8 Å². The molecular weight excluding hydrogens is 250 g/mol. The quantitative estimate of drug-likeness (QED) is 0.844. The van der Waals surface area contributed by atoms with Gasteiger partial charge in [-0.2, -0.15) is 10.2 Å². The van der Waals surface area contributed by atoms with E-state index in [0.29, 0.717) is 0 Å². The van der Waals surface area contributed by atoms with Crippen LogP contribution < -0.4 is 5.32 Å². The molecule has 0 spiro atoms. The zero-order valence-electron chi connectivity index (χ0n) is 13.0. The third kappa shape index (κ3) is 3.48. The van der Waals surface area contributed by atoms with Gasteiger partial charge >= 0.3 is 0 Å². The fraction of sp³-hybridized carbons (Fsp3) is 0.600. The lowest BCUT2D eigenvalue weighted by atomic mass is 10.2. The Hall–Kier alpha value is -1.62. The van der Waals surface area contributed by atoms with Crippen LogP contribution >= 0.6 is 0 Å². The summed E-state index contributed by atoms with van der Waals surface area (Å²) in [6, 6.07) is 0. The smallest absolute Gasteiger partial charge is 0.0638 e. The van der Waals surface area contributed by atoms with Crippen molar-refractivity contribution >= 4 is 0 Å². The van der Waals surface area contributed by atoms with Crippen molar-refractivity contribution in [2.75, 3.05) is 0 Å². The molecule has 5 heteroatoms. The molecule has 0 bridgehead atoms. The number of aromatic nitrogens is 4. The van der Waals surface area contributed by atoms with Crippen LogP contribution in [0.2, 0.25) is 0 Å². The average Bonchev–Trinajstić information content (AvgIpc) is 2.94. The molecule has 0 aliphatic carbocycles. The first kappa shape index (κ1) is 14.8. The monoisotopic (exact) mass is 275 g/mol. The van der Waals surface area contributed by atoms with Crippen molar-refractivity contribution in [2.45, 2.75) is 60.3 Å². The summed E-state index contributed by atoms with van der Waals surface area (Å²) in [6.45, 7) is 12.0. The average molecular weight is 275 g/mol. The predicted octanol–water partition coefficient (Wildman–Crippen LogP) is 2.42. The summed E-state index contributed by atoms with van der Waals surface area (Å²) >= 11 is 0. The highest BCUT2D eigenvalue weighted by Gasteiger charge is 2.06. The highest BCUT2D eigenvalue weighted by Crippen LogP contribution is 2.08. The lowest BCUT2D eigenvalue weighted by Gasteiger charge is -2.02. The second-order valence-corrected chi connectivity index (χ2v) is 5.20. The van der Waals surface area contributed by atoms with E-state index < -0.39 is 0 Å². The fourth-order valence-corrected chi connectivity index (χ4v) is 2.30. The Labute approximate surface area is 121 Å². The van der Waals surface area contributed by atoms with Gasteiger partial charge in [0.05, 0.1) is 11.4 Å². The van der Waals surface area contributed by atoms with Crippen LogP contribution in [-0.4, -0.2) is 19.6 Å². The van der Waals surface area contributed by atoms with Gasteiger partial charge < -0.3 is 5.32 Å². The van der Waals surface area contributed by atoms with Crippen LogP contribution in [0.15, 0.2) is 12.4 Å². The molecule has 0 amide bonds. The van der Waals surface area contributed by atoms with E-state index in [1.54, 1.807) is 0 Å². The fourth-order valence-electron chi connectivity index (χ4n) is 2.30. The van der Waals surface area contributed by atoms with Crippen LogP contribution in [0.1, 0.15) is 42.8 Å². The minimum Gasteiger partial charge on any atom is -0.308 e. The van der Waals surface area contributed by atoms with Gasteiger partial charge in [-0.15, -0.1) is 0 Å². The van der Waals surface area contributed by atoms with Crippen molar-refractivity contribution in [3.05, 3.63) is 34.9 Å². The number of rotatable bonds is 7. The molecule has 2 aromatic heterocycles. The van der Waals surface area contributed by atoms with Crippen molar-refractivity contribution in [1.82, 2.24) is 24.9 Å². The maximum atomic E-state index is 4.52. The maximum absolute atomic E-state index is 4.52. The zero-order valence-corrected chi connectivity index (χ0v) is 13.0. The molecule has 0 radical (unpaired) electrons. The normalized spacial score (nSPS) is 11.2. The highest BCUT2D eigenvalue weighted by molar-refractivity contribution is 5.17. The van der Waals surface area contributed by atoms with E-state index in [-0.39, 0.29) is 0 Å². The molecule has 2 aromatic rings. The van der Waals surface area contributed by atoms with E-state index in [2.05, 4.69) is 55.6 Å². The van der Waals surface area contributed by atoms with Crippen LogP contribution in [-0.2, 0) is 26.2 Å². The Morgan fingerprint density at radius 3 is 2.00 bits per heavy atom. The van der Waals surface area contributed by atoms with Crippen molar-refractivity contribution in [3.8, 4) is 0 Å². The van der Waals surface area contributed by atoms with Crippen molar-refractivity contribution in [2.24, 2.45) is 0 Å². The van der Waals surface area contributed by atoms with E-state index in [4.69, 9.17) is 0 Å². The number of nitrogens with one attached hydrogen (secondary N) is 1. The molecule has 0 unspecified atom stereocenters. The minimum atomic E-state index is 0.851. The number of aryl methyl sites for hydroxylation is 4. The highest BCUT2D eigenvalue weighted by atomic mass is 15.3. The Bertz CT molecular complexity index is 553. The first-order valence-electron chi connectivity index (χ1n) is 7.40. The molecule has 20 heavy (non-hydrogen) atoms. The molecular formula is C15H25N5. The lowest BCUT2D eigenvalue weighted by molar-refractivity contribution is 0.597. The summed E-state index contributed by atoms with van der Waals surface area (Å²) < 4.78 is 4.02. The Balaban J connectivity index is 1.90. The van der Waals surface area contributed by atoms with Crippen LogP contribution in [0.4, 0.5) is 0 Å². The Morgan fingerprint density at radius 2 is 1.50 bits per heavy atom. The first-order chi connectivity index (χ1) is 9.63. The van der Waals surface area contributed by atoms with Gasteiger partial charge in [0.25, 0.3) is 0 Å². The maximum Gasteiger partial charge on any atom is 0.0638 e. The molecule has 0 saturated heterocycles. The van der Waals surface area contributed by atoms with E-state index >= 15 is 0 Å². The molecule has 5 nitrogen and oxygen atoms in total. The SMILES string of the molecule is CCCn1cc(CNCc2cn(CC)nc2C)c(C)n1. The predicted molar refractivity (Wildman–Crippen MR) is 80.4 cm³/mol. The molecule has 0 saturated carbocycles. The molecule has 1 N–H and O–H groups in total. The van der Waals surface area contributed by atoms with Gasteiger partial charge in [0, 0.05) is 49.7 Å². The molecule has 2 rings (SSSR count). The van der Waals surface area contributed by atoms with E-state index in [0.717, 1.165) is 44.0 Å². The first-order valence-corrected chi connectivity index (χ1v) is 7.40.